The normalized spacial score (nSPS) is 9.53. The molecule has 0 spiro atoms. The molecule has 1 aromatic rings. The van der Waals surface area contributed by atoms with Crippen LogP contribution in [0.5, 0.6) is 0 Å². The second kappa shape index (κ2) is 9.62. The Bertz CT molecular complexity index is 309. The molecule has 0 unspecified atom stereocenters. The lowest BCUT2D eigenvalue weighted by atomic mass is 10.1. The van der Waals surface area contributed by atoms with Crippen LogP contribution in [0.1, 0.15) is 44.9 Å². The summed E-state index contributed by atoms with van der Waals surface area (Å²) in [4.78, 5) is 12.7. The molecule has 1 N–H and O–H groups in total. The molecule has 1 rings (SSSR count). The van der Waals surface area contributed by atoms with Crippen LogP contribution in [0.25, 0.3) is 0 Å². The number of hydrogen-bond donors (Lipinski definition) is 1. The number of hydrogen-bond acceptors (Lipinski definition) is 3. The topological polar surface area (TPSA) is 81.2 Å². The fourth-order valence-electron chi connectivity index (χ4n) is 1.52. The van der Waals surface area contributed by atoms with Gasteiger partial charge in [0.25, 0.3) is 5.09 Å². The first-order chi connectivity index (χ1) is 8.07. The minimum Gasteiger partial charge on any atom is -0.338 e. The molecule has 98 valence electrons. The molecule has 1 heterocycles. The van der Waals surface area contributed by atoms with Crippen molar-refractivity contribution >= 4 is 0 Å². The summed E-state index contributed by atoms with van der Waals surface area (Å²) < 4.78 is 2.11. The van der Waals surface area contributed by atoms with E-state index in [0.29, 0.717) is 0 Å². The minimum absolute atomic E-state index is 1.13. The lowest BCUT2D eigenvalue weighted by Crippen LogP contribution is -1.96. The number of unbranched alkanes of at least 4 members (excludes halogenated alkanes) is 4. The predicted molar refractivity (Wildman–Crippen MR) is 64.5 cm³/mol. The van der Waals surface area contributed by atoms with E-state index in [1.807, 2.05) is 12.4 Å². The van der Waals surface area contributed by atoms with Crippen LogP contribution < -0.4 is 0 Å². The van der Waals surface area contributed by atoms with Crippen molar-refractivity contribution in [3.8, 4) is 0 Å². The SMILES string of the molecule is CCCCCCCc1nccn1C.O=[N+]([O-])O. The average molecular weight is 243 g/mol. The van der Waals surface area contributed by atoms with Gasteiger partial charge in [-0.15, -0.1) is 10.1 Å². The van der Waals surface area contributed by atoms with Gasteiger partial charge in [-0.05, 0) is 6.42 Å². The Hall–Kier alpha value is -1.59. The Balaban J connectivity index is 0.000000557. The third-order valence-electron chi connectivity index (χ3n) is 2.42. The molecule has 0 bridgehead atoms. The van der Waals surface area contributed by atoms with Crippen LogP contribution in [0, 0.1) is 10.1 Å². The lowest BCUT2D eigenvalue weighted by Gasteiger charge is -2.01. The summed E-state index contributed by atoms with van der Waals surface area (Å²) >= 11 is 0. The smallest absolute Gasteiger partial charge is 0.291 e. The molecule has 0 amide bonds. The fourth-order valence-corrected chi connectivity index (χ4v) is 1.52. The van der Waals surface area contributed by atoms with Crippen molar-refractivity contribution in [1.29, 1.82) is 0 Å². The van der Waals surface area contributed by atoms with Crippen LogP contribution >= 0.6 is 0 Å². The molecular formula is C11H21N3O3. The molecule has 0 saturated carbocycles. The quantitative estimate of drug-likeness (QED) is 0.473. The van der Waals surface area contributed by atoms with Gasteiger partial charge < -0.3 is 9.77 Å². The molecule has 0 aromatic carbocycles. The van der Waals surface area contributed by atoms with E-state index in [1.165, 1.54) is 37.9 Å². The second-order valence-electron chi connectivity index (χ2n) is 3.86. The predicted octanol–water partition coefficient (Wildman–Crippen LogP) is 2.59. The first kappa shape index (κ1) is 15.4. The maximum absolute atomic E-state index is 8.36. The van der Waals surface area contributed by atoms with Crippen LogP contribution in [-0.4, -0.2) is 19.8 Å². The molecule has 0 aliphatic heterocycles. The first-order valence-corrected chi connectivity index (χ1v) is 5.87. The molecule has 17 heavy (non-hydrogen) atoms. The summed E-state index contributed by atoms with van der Waals surface area (Å²) in [5.74, 6) is 1.22. The van der Waals surface area contributed by atoms with Crippen molar-refractivity contribution in [3.05, 3.63) is 28.3 Å². The van der Waals surface area contributed by atoms with Crippen molar-refractivity contribution in [2.45, 2.75) is 45.4 Å². The zero-order valence-electron chi connectivity index (χ0n) is 10.5. The molecule has 0 saturated heterocycles. The summed E-state index contributed by atoms with van der Waals surface area (Å²) in [5.41, 5.74) is 0. The van der Waals surface area contributed by atoms with Gasteiger partial charge in [-0.1, -0.05) is 32.6 Å². The Morgan fingerprint density at radius 1 is 1.41 bits per heavy atom. The van der Waals surface area contributed by atoms with Crippen molar-refractivity contribution in [2.75, 3.05) is 0 Å². The molecule has 0 aliphatic rings. The second-order valence-corrected chi connectivity index (χ2v) is 3.86. The zero-order chi connectivity index (χ0) is 13.1. The Labute approximate surface area is 101 Å². The van der Waals surface area contributed by atoms with Crippen LogP contribution in [0.4, 0.5) is 0 Å². The van der Waals surface area contributed by atoms with Gasteiger partial charge in [0.2, 0.25) is 0 Å². The third-order valence-corrected chi connectivity index (χ3v) is 2.42. The largest absolute Gasteiger partial charge is 0.338 e. The molecule has 0 atom stereocenters. The van der Waals surface area contributed by atoms with E-state index in [2.05, 4.69) is 23.5 Å². The molecule has 6 heteroatoms. The van der Waals surface area contributed by atoms with E-state index in [-0.39, 0.29) is 0 Å². The van der Waals surface area contributed by atoms with Gasteiger partial charge in [0.05, 0.1) is 0 Å². The van der Waals surface area contributed by atoms with Gasteiger partial charge >= 0.3 is 0 Å². The Kier molecular flexibility index (Phi) is 8.72. The van der Waals surface area contributed by atoms with E-state index in [9.17, 15) is 0 Å². The summed E-state index contributed by atoms with van der Waals surface area (Å²) in [5, 5.41) is 13.6. The summed E-state index contributed by atoms with van der Waals surface area (Å²) in [6.45, 7) is 2.25. The van der Waals surface area contributed by atoms with Crippen molar-refractivity contribution in [3.63, 3.8) is 0 Å². The van der Waals surface area contributed by atoms with E-state index >= 15 is 0 Å². The summed E-state index contributed by atoms with van der Waals surface area (Å²) in [6.07, 6.45) is 11.7. The number of rotatable bonds is 6. The highest BCUT2D eigenvalue weighted by molar-refractivity contribution is 4.90. The standard InChI is InChI=1S/C11H20N2.HNO3/c1-3-4-5-6-7-8-11-12-9-10-13(11)2;2-1(3)4/h9-10H,3-8H2,1-2H3;(H,2,3,4). The number of nitrogens with zero attached hydrogens (tertiary/aromatic N) is 3. The highest BCUT2D eigenvalue weighted by atomic mass is 16.9. The minimum atomic E-state index is -1.50. The maximum atomic E-state index is 8.36. The number of aromatic nitrogens is 2. The maximum Gasteiger partial charge on any atom is 0.291 e. The van der Waals surface area contributed by atoms with Gasteiger partial charge in [0.1, 0.15) is 5.82 Å². The molecule has 1 aromatic heterocycles. The summed E-state index contributed by atoms with van der Waals surface area (Å²) in [7, 11) is 2.06. The third kappa shape index (κ3) is 9.35. The highest BCUT2D eigenvalue weighted by Gasteiger charge is 1.97. The van der Waals surface area contributed by atoms with Gasteiger partial charge in [0.15, 0.2) is 0 Å². The van der Waals surface area contributed by atoms with Crippen LogP contribution in [0.15, 0.2) is 12.4 Å². The zero-order valence-corrected chi connectivity index (χ0v) is 10.5. The van der Waals surface area contributed by atoms with E-state index in [0.717, 1.165) is 6.42 Å². The Morgan fingerprint density at radius 2 is 2.00 bits per heavy atom. The Morgan fingerprint density at radius 3 is 2.47 bits per heavy atom. The average Bonchev–Trinajstić information content (AvgIpc) is 2.63. The molecule has 6 nitrogen and oxygen atoms in total. The van der Waals surface area contributed by atoms with Crippen LogP contribution in [0.2, 0.25) is 0 Å². The van der Waals surface area contributed by atoms with E-state index in [4.69, 9.17) is 15.3 Å². The van der Waals surface area contributed by atoms with Crippen LogP contribution in [0.3, 0.4) is 0 Å². The number of aryl methyl sites for hydroxylation is 2. The lowest BCUT2D eigenvalue weighted by molar-refractivity contribution is -0.742. The molecule has 0 aliphatic carbocycles. The van der Waals surface area contributed by atoms with Gasteiger partial charge in [-0.3, -0.25) is 0 Å². The molecule has 0 radical (unpaired) electrons. The van der Waals surface area contributed by atoms with Crippen molar-refractivity contribution in [1.82, 2.24) is 9.55 Å². The van der Waals surface area contributed by atoms with Crippen molar-refractivity contribution < 1.29 is 10.3 Å². The first-order valence-electron chi connectivity index (χ1n) is 5.87. The van der Waals surface area contributed by atoms with E-state index < -0.39 is 5.09 Å². The van der Waals surface area contributed by atoms with E-state index in [1.54, 1.807) is 0 Å². The monoisotopic (exact) mass is 243 g/mol. The highest BCUT2D eigenvalue weighted by Crippen LogP contribution is 2.06. The number of imidazole rings is 1. The van der Waals surface area contributed by atoms with Crippen LogP contribution in [-0.2, 0) is 13.5 Å². The fraction of sp³-hybridized carbons (Fsp3) is 0.727. The molecule has 0 fully saturated rings. The summed E-state index contributed by atoms with van der Waals surface area (Å²) in [6, 6.07) is 0. The van der Waals surface area contributed by atoms with Crippen molar-refractivity contribution in [2.24, 2.45) is 7.05 Å². The van der Waals surface area contributed by atoms with Gasteiger partial charge in [0, 0.05) is 25.9 Å². The van der Waals surface area contributed by atoms with Gasteiger partial charge in [-0.25, -0.2) is 4.98 Å². The molecular weight excluding hydrogens is 222 g/mol. The van der Waals surface area contributed by atoms with Gasteiger partial charge in [-0.2, -0.15) is 0 Å².